The van der Waals surface area contributed by atoms with E-state index in [4.69, 9.17) is 4.74 Å². The highest BCUT2D eigenvalue weighted by molar-refractivity contribution is 7.90. The first-order valence-corrected chi connectivity index (χ1v) is 17.1. The van der Waals surface area contributed by atoms with Gasteiger partial charge in [0.15, 0.2) is 9.84 Å². The minimum Gasteiger partial charge on any atom is -0.494 e. The van der Waals surface area contributed by atoms with Crippen molar-refractivity contribution in [1.82, 2.24) is 25.1 Å². The summed E-state index contributed by atoms with van der Waals surface area (Å²) in [6.45, 7) is 3.21. The van der Waals surface area contributed by atoms with E-state index in [2.05, 4.69) is 35.7 Å². The van der Waals surface area contributed by atoms with E-state index in [1.807, 2.05) is 30.3 Å². The van der Waals surface area contributed by atoms with Crippen LogP contribution in [0.15, 0.2) is 48.7 Å². The molecule has 1 amide bonds. The molecule has 12 nitrogen and oxygen atoms in total. The Kier molecular flexibility index (Phi) is 10.1. The number of carbonyl (C=O) groups excluding carboxylic acids is 1. The van der Waals surface area contributed by atoms with Crippen molar-refractivity contribution in [2.24, 2.45) is 0 Å². The molecule has 16 heteroatoms. The molecule has 1 aliphatic carbocycles. The van der Waals surface area contributed by atoms with Gasteiger partial charge in [0.2, 0.25) is 11.9 Å². The third-order valence-corrected chi connectivity index (χ3v) is 8.93. The number of anilines is 4. The number of hydrogen-bond donors (Lipinski definition) is 3. The van der Waals surface area contributed by atoms with Crippen LogP contribution in [0.1, 0.15) is 22.7 Å². The third kappa shape index (κ3) is 8.42. The van der Waals surface area contributed by atoms with Gasteiger partial charge in [-0.15, -0.1) is 0 Å². The molecule has 3 aromatic rings. The number of piperazine rings is 1. The number of amides is 1. The van der Waals surface area contributed by atoms with Gasteiger partial charge in [-0.1, -0.05) is 24.3 Å². The van der Waals surface area contributed by atoms with Crippen LogP contribution in [0.3, 0.4) is 0 Å². The number of alkyl halides is 3. The molecule has 47 heavy (non-hydrogen) atoms. The highest BCUT2D eigenvalue weighted by atomic mass is 32.2. The first-order valence-electron chi connectivity index (χ1n) is 15.0. The maximum atomic E-state index is 14.1. The van der Waals surface area contributed by atoms with Gasteiger partial charge < -0.3 is 25.2 Å². The summed E-state index contributed by atoms with van der Waals surface area (Å²) in [5, 5.41) is 8.93. The monoisotopic (exact) mass is 676 g/mol. The normalized spacial score (nSPS) is 18.5. The Hall–Kier alpha value is -4.15. The summed E-state index contributed by atoms with van der Waals surface area (Å²) < 4.78 is 71.8. The number of ether oxygens (including phenoxy) is 1. The lowest BCUT2D eigenvalue weighted by Crippen LogP contribution is -2.49. The second-order valence-electron chi connectivity index (χ2n) is 11.9. The fraction of sp³-hybridized carbons (Fsp3) is 0.452. The zero-order valence-electron chi connectivity index (χ0n) is 26.6. The number of sulfone groups is 1. The summed E-state index contributed by atoms with van der Waals surface area (Å²) in [5.41, 5.74) is 2.01. The van der Waals surface area contributed by atoms with Gasteiger partial charge in [-0.05, 0) is 29.7 Å². The first kappa shape index (κ1) is 34.2. The second kappa shape index (κ2) is 13.9. The smallest absolute Gasteiger partial charge is 0.421 e. The number of likely N-dealkylation sites (N-methyl/N-ethyl adjacent to an activating group) is 1. The van der Waals surface area contributed by atoms with Crippen molar-refractivity contribution in [2.45, 2.75) is 24.7 Å². The summed E-state index contributed by atoms with van der Waals surface area (Å²) in [6.07, 6.45) is -2.58. The zero-order valence-corrected chi connectivity index (χ0v) is 27.5. The molecule has 2 heterocycles. The molecule has 254 valence electrons. The fourth-order valence-electron chi connectivity index (χ4n) is 5.76. The molecule has 0 spiro atoms. The van der Waals surface area contributed by atoms with E-state index < -0.39 is 39.5 Å². The molecule has 2 aromatic carbocycles. The zero-order chi connectivity index (χ0) is 33.9. The van der Waals surface area contributed by atoms with Gasteiger partial charge in [0, 0.05) is 64.5 Å². The van der Waals surface area contributed by atoms with Gasteiger partial charge in [-0.25, -0.2) is 13.4 Å². The highest BCUT2D eigenvalue weighted by Gasteiger charge is 2.39. The van der Waals surface area contributed by atoms with Crippen molar-refractivity contribution in [1.29, 1.82) is 0 Å². The SMILES string of the molecule is COc1cc(N2CCN(CC(=O)N(C)C)CC2)ccc1Nc1ncc(C(F)(F)F)c(N[C@@H]2Cc3ccccc3[C@H]2NCS(C)(=O)=O)n1. The minimum absolute atomic E-state index is 0.0520. The molecule has 2 aliphatic rings. The molecular weight excluding hydrogens is 637 g/mol. The van der Waals surface area contributed by atoms with E-state index in [-0.39, 0.29) is 17.7 Å². The van der Waals surface area contributed by atoms with E-state index in [1.54, 1.807) is 31.1 Å². The van der Waals surface area contributed by atoms with E-state index in [0.29, 0.717) is 50.6 Å². The van der Waals surface area contributed by atoms with Crippen LogP contribution < -0.4 is 25.6 Å². The lowest BCUT2D eigenvalue weighted by molar-refractivity contribution is -0.137. The Morgan fingerprint density at radius 2 is 1.83 bits per heavy atom. The number of rotatable bonds is 11. The van der Waals surface area contributed by atoms with Gasteiger partial charge in [-0.3, -0.25) is 15.0 Å². The number of nitrogens with zero attached hydrogens (tertiary/aromatic N) is 5. The van der Waals surface area contributed by atoms with Crippen molar-refractivity contribution in [3.63, 3.8) is 0 Å². The Balaban J connectivity index is 1.34. The average Bonchev–Trinajstić information content (AvgIpc) is 3.36. The third-order valence-electron chi connectivity index (χ3n) is 8.24. The summed E-state index contributed by atoms with van der Waals surface area (Å²) >= 11 is 0. The molecule has 0 radical (unpaired) electrons. The predicted octanol–water partition coefficient (Wildman–Crippen LogP) is 3.13. The fourth-order valence-corrected chi connectivity index (χ4v) is 6.24. The van der Waals surface area contributed by atoms with Crippen LogP contribution in [-0.2, 0) is 27.2 Å². The van der Waals surface area contributed by atoms with Crippen LogP contribution in [-0.4, -0.2) is 106 Å². The molecule has 0 unspecified atom stereocenters. The summed E-state index contributed by atoms with van der Waals surface area (Å²) in [6, 6.07) is 11.6. The van der Waals surface area contributed by atoms with Crippen molar-refractivity contribution < 1.29 is 31.1 Å². The Bertz CT molecular complexity index is 1700. The quantitative estimate of drug-likeness (QED) is 0.277. The van der Waals surface area contributed by atoms with Crippen LogP contribution >= 0.6 is 0 Å². The molecule has 0 bridgehead atoms. The molecule has 1 saturated heterocycles. The Morgan fingerprint density at radius 3 is 2.49 bits per heavy atom. The number of benzene rings is 2. The van der Waals surface area contributed by atoms with E-state index in [9.17, 15) is 26.4 Å². The van der Waals surface area contributed by atoms with Crippen LogP contribution in [0.2, 0.25) is 0 Å². The van der Waals surface area contributed by atoms with Crippen molar-refractivity contribution in [3.8, 4) is 5.75 Å². The minimum atomic E-state index is -4.74. The van der Waals surface area contributed by atoms with Crippen molar-refractivity contribution in [3.05, 3.63) is 65.4 Å². The van der Waals surface area contributed by atoms with Gasteiger partial charge in [-0.2, -0.15) is 18.2 Å². The molecule has 1 aromatic heterocycles. The number of hydrogen-bond acceptors (Lipinski definition) is 11. The number of carbonyl (C=O) groups is 1. The number of halogens is 3. The van der Waals surface area contributed by atoms with Gasteiger partial charge in [0.1, 0.15) is 17.1 Å². The Morgan fingerprint density at radius 1 is 1.11 bits per heavy atom. The van der Waals surface area contributed by atoms with Crippen LogP contribution in [0.25, 0.3) is 0 Å². The summed E-state index contributed by atoms with van der Waals surface area (Å²) in [5.74, 6) is -0.352. The first-order chi connectivity index (χ1) is 22.2. The molecule has 1 fully saturated rings. The lowest BCUT2D eigenvalue weighted by Gasteiger charge is -2.36. The standard InChI is InChI=1S/C31H39F3N8O4S/c1-40(2)27(43)18-41-11-13-42(14-12-41)21-9-10-24(26(16-21)46-3)38-30-35-17-23(31(32,33)34)29(39-30)37-25-15-20-7-5-6-8-22(20)28(25)36-19-47(4,44)45/h5-10,16-17,25,28,36H,11-15,18-19H2,1-4H3,(H2,35,37,38,39)/t25-,28-/m1/s1. The molecule has 2 atom stereocenters. The number of aromatic nitrogens is 2. The highest BCUT2D eigenvalue weighted by Crippen LogP contribution is 2.39. The summed E-state index contributed by atoms with van der Waals surface area (Å²) in [7, 11) is 1.57. The number of methoxy groups -OCH3 is 1. The van der Waals surface area contributed by atoms with Gasteiger partial charge in [0.05, 0.1) is 37.3 Å². The van der Waals surface area contributed by atoms with Gasteiger partial charge in [0.25, 0.3) is 0 Å². The average molecular weight is 677 g/mol. The largest absolute Gasteiger partial charge is 0.494 e. The second-order valence-corrected chi connectivity index (χ2v) is 14.1. The molecule has 5 rings (SSSR count). The van der Waals surface area contributed by atoms with Crippen LogP contribution in [0, 0.1) is 0 Å². The van der Waals surface area contributed by atoms with E-state index in [0.717, 1.165) is 29.3 Å². The lowest BCUT2D eigenvalue weighted by atomic mass is 10.1. The molecule has 0 saturated carbocycles. The van der Waals surface area contributed by atoms with E-state index in [1.165, 1.54) is 7.11 Å². The number of nitrogens with one attached hydrogen (secondary N) is 3. The molecule has 1 aliphatic heterocycles. The summed E-state index contributed by atoms with van der Waals surface area (Å²) in [4.78, 5) is 26.1. The van der Waals surface area contributed by atoms with Crippen molar-refractivity contribution >= 4 is 38.9 Å². The van der Waals surface area contributed by atoms with Crippen molar-refractivity contribution in [2.75, 3.05) is 81.6 Å². The topological polar surface area (TPSA) is 132 Å². The van der Waals surface area contributed by atoms with Crippen LogP contribution in [0.4, 0.5) is 36.3 Å². The maximum absolute atomic E-state index is 14.1. The predicted molar refractivity (Wildman–Crippen MR) is 174 cm³/mol. The molecule has 3 N–H and O–H groups in total. The Labute approximate surface area is 272 Å². The van der Waals surface area contributed by atoms with Crippen LogP contribution in [0.5, 0.6) is 5.75 Å². The number of fused-ring (bicyclic) bond motifs is 1. The van der Waals surface area contributed by atoms with Gasteiger partial charge >= 0.3 is 6.18 Å². The maximum Gasteiger partial charge on any atom is 0.421 e. The molecular formula is C31H39F3N8O4S. The van der Waals surface area contributed by atoms with E-state index >= 15 is 0 Å².